The number of nitrogens with two attached hydrogens (primary N) is 1. The average Bonchev–Trinajstić information content (AvgIpc) is 2.77. The Bertz CT molecular complexity index is 499. The van der Waals surface area contributed by atoms with Crippen LogP contribution in [0.4, 0.5) is 0 Å². The molecule has 0 aliphatic carbocycles. The number of aromatic nitrogens is 2. The fraction of sp³-hybridized carbons (Fsp3) is 0.545. The third-order valence-electron chi connectivity index (χ3n) is 2.45. The van der Waals surface area contributed by atoms with Gasteiger partial charge in [-0.05, 0) is 13.3 Å². The SMILES string of the molecule is Cc1noc(CCC(=O)N[C@@H](CCC(N)=O)C(=O)O)n1. The molecule has 110 valence electrons. The smallest absolute Gasteiger partial charge is 0.326 e. The van der Waals surface area contributed by atoms with Gasteiger partial charge in [0.2, 0.25) is 17.7 Å². The zero-order valence-corrected chi connectivity index (χ0v) is 11.0. The first-order chi connectivity index (χ1) is 9.38. The normalized spacial score (nSPS) is 11.8. The molecule has 2 amide bonds. The lowest BCUT2D eigenvalue weighted by Crippen LogP contribution is -2.41. The van der Waals surface area contributed by atoms with E-state index in [-0.39, 0.29) is 25.7 Å². The van der Waals surface area contributed by atoms with Crippen LogP contribution < -0.4 is 11.1 Å². The Kier molecular flexibility index (Phi) is 5.63. The van der Waals surface area contributed by atoms with Crippen molar-refractivity contribution in [1.29, 1.82) is 0 Å². The van der Waals surface area contributed by atoms with Gasteiger partial charge in [-0.15, -0.1) is 0 Å². The summed E-state index contributed by atoms with van der Waals surface area (Å²) in [4.78, 5) is 37.1. The van der Waals surface area contributed by atoms with Crippen LogP contribution in [0.5, 0.6) is 0 Å². The molecule has 0 spiro atoms. The molecule has 0 saturated heterocycles. The van der Waals surface area contributed by atoms with Crippen molar-refractivity contribution >= 4 is 17.8 Å². The number of carboxylic acids is 1. The zero-order chi connectivity index (χ0) is 15.1. The molecule has 1 aromatic rings. The topological polar surface area (TPSA) is 148 Å². The van der Waals surface area contributed by atoms with Gasteiger partial charge in [0.15, 0.2) is 5.82 Å². The summed E-state index contributed by atoms with van der Waals surface area (Å²) in [5.74, 6) is -1.54. The van der Waals surface area contributed by atoms with Crippen LogP contribution in [0.1, 0.15) is 31.0 Å². The predicted molar refractivity (Wildman–Crippen MR) is 65.4 cm³/mol. The monoisotopic (exact) mass is 284 g/mol. The average molecular weight is 284 g/mol. The number of nitrogens with zero attached hydrogens (tertiary/aromatic N) is 2. The van der Waals surface area contributed by atoms with Crippen LogP contribution >= 0.6 is 0 Å². The summed E-state index contributed by atoms with van der Waals surface area (Å²) >= 11 is 0. The van der Waals surface area contributed by atoms with E-state index in [0.29, 0.717) is 11.7 Å². The number of carboxylic acid groups (broad SMARTS) is 1. The highest BCUT2D eigenvalue weighted by Gasteiger charge is 2.20. The van der Waals surface area contributed by atoms with E-state index in [2.05, 4.69) is 15.5 Å². The van der Waals surface area contributed by atoms with Crippen molar-refractivity contribution in [2.24, 2.45) is 5.73 Å². The molecule has 0 fully saturated rings. The summed E-state index contributed by atoms with van der Waals surface area (Å²) in [5, 5.41) is 14.8. The van der Waals surface area contributed by atoms with Crippen LogP contribution in [0, 0.1) is 6.92 Å². The Hall–Kier alpha value is -2.45. The van der Waals surface area contributed by atoms with Crippen LogP contribution in [0.2, 0.25) is 0 Å². The van der Waals surface area contributed by atoms with Gasteiger partial charge in [0.05, 0.1) is 0 Å². The number of aryl methyl sites for hydroxylation is 2. The third-order valence-corrected chi connectivity index (χ3v) is 2.45. The fourth-order valence-electron chi connectivity index (χ4n) is 1.47. The van der Waals surface area contributed by atoms with Gasteiger partial charge in [-0.25, -0.2) is 4.79 Å². The molecular weight excluding hydrogens is 268 g/mol. The standard InChI is InChI=1S/C11H16N4O5/c1-6-13-10(20-15-6)5-4-9(17)14-7(11(18)19)2-3-8(12)16/h7H,2-5H2,1H3,(H2,12,16)(H,14,17)(H,18,19)/t7-/m0/s1. The van der Waals surface area contributed by atoms with Crippen molar-refractivity contribution < 1.29 is 24.0 Å². The summed E-state index contributed by atoms with van der Waals surface area (Å²) in [6.45, 7) is 1.65. The van der Waals surface area contributed by atoms with Crippen LogP contribution in [0.15, 0.2) is 4.52 Å². The second-order valence-electron chi connectivity index (χ2n) is 4.20. The highest BCUT2D eigenvalue weighted by atomic mass is 16.5. The number of hydrogen-bond donors (Lipinski definition) is 3. The molecule has 0 aliphatic heterocycles. The molecule has 0 aromatic carbocycles. The van der Waals surface area contributed by atoms with Gasteiger partial charge in [0.25, 0.3) is 0 Å². The highest BCUT2D eigenvalue weighted by Crippen LogP contribution is 2.02. The van der Waals surface area contributed by atoms with Crippen molar-refractivity contribution in [3.8, 4) is 0 Å². The molecule has 1 atom stereocenters. The van der Waals surface area contributed by atoms with Crippen LogP contribution in [-0.2, 0) is 20.8 Å². The first kappa shape index (κ1) is 15.6. The molecule has 1 rings (SSSR count). The molecule has 0 bridgehead atoms. The van der Waals surface area contributed by atoms with Crippen molar-refractivity contribution in [2.45, 2.75) is 38.6 Å². The van der Waals surface area contributed by atoms with Gasteiger partial charge in [-0.3, -0.25) is 9.59 Å². The van der Waals surface area contributed by atoms with Gasteiger partial charge in [-0.1, -0.05) is 5.16 Å². The lowest BCUT2D eigenvalue weighted by Gasteiger charge is -2.13. The predicted octanol–water partition coefficient (Wildman–Crippen LogP) is -0.854. The quantitative estimate of drug-likeness (QED) is 0.562. The van der Waals surface area contributed by atoms with E-state index in [9.17, 15) is 14.4 Å². The van der Waals surface area contributed by atoms with E-state index in [0.717, 1.165) is 0 Å². The van der Waals surface area contributed by atoms with Crippen molar-refractivity contribution in [1.82, 2.24) is 15.5 Å². The van der Waals surface area contributed by atoms with Gasteiger partial charge >= 0.3 is 5.97 Å². The van der Waals surface area contributed by atoms with E-state index >= 15 is 0 Å². The molecular formula is C11H16N4O5. The van der Waals surface area contributed by atoms with Gasteiger partial charge in [-0.2, -0.15) is 4.98 Å². The minimum absolute atomic E-state index is 0.0159. The first-order valence-electron chi connectivity index (χ1n) is 5.98. The molecule has 0 saturated carbocycles. The maximum Gasteiger partial charge on any atom is 0.326 e. The Morgan fingerprint density at radius 2 is 2.10 bits per heavy atom. The summed E-state index contributed by atoms with van der Waals surface area (Å²) in [6, 6.07) is -1.14. The van der Waals surface area contributed by atoms with Crippen molar-refractivity contribution in [3.63, 3.8) is 0 Å². The second-order valence-corrected chi connectivity index (χ2v) is 4.20. The zero-order valence-electron chi connectivity index (χ0n) is 11.0. The van der Waals surface area contributed by atoms with Gasteiger partial charge in [0, 0.05) is 19.3 Å². The number of hydrogen-bond acceptors (Lipinski definition) is 6. The van der Waals surface area contributed by atoms with Crippen molar-refractivity contribution in [2.75, 3.05) is 0 Å². The van der Waals surface area contributed by atoms with E-state index in [1.165, 1.54) is 0 Å². The number of carbonyl (C=O) groups is 3. The Morgan fingerprint density at radius 1 is 1.40 bits per heavy atom. The molecule has 0 unspecified atom stereocenters. The first-order valence-corrected chi connectivity index (χ1v) is 5.98. The largest absolute Gasteiger partial charge is 0.480 e. The number of carbonyl (C=O) groups excluding carboxylic acids is 2. The minimum Gasteiger partial charge on any atom is -0.480 e. The second kappa shape index (κ2) is 7.22. The van der Waals surface area contributed by atoms with E-state index in [4.69, 9.17) is 15.4 Å². The minimum atomic E-state index is -1.21. The Balaban J connectivity index is 2.41. The highest BCUT2D eigenvalue weighted by molar-refractivity contribution is 5.84. The lowest BCUT2D eigenvalue weighted by molar-refractivity contribution is -0.142. The summed E-state index contributed by atoms with van der Waals surface area (Å²) < 4.78 is 4.83. The molecule has 0 radical (unpaired) electrons. The maximum absolute atomic E-state index is 11.6. The summed E-state index contributed by atoms with van der Waals surface area (Å²) in [7, 11) is 0. The van der Waals surface area contributed by atoms with Crippen LogP contribution in [0.3, 0.4) is 0 Å². The molecule has 0 aliphatic rings. The molecule has 4 N–H and O–H groups in total. The summed E-state index contributed by atoms with van der Waals surface area (Å²) in [5.41, 5.74) is 4.94. The number of amides is 2. The summed E-state index contributed by atoms with van der Waals surface area (Å²) in [6.07, 6.45) is 0.0764. The van der Waals surface area contributed by atoms with Crippen LogP contribution in [-0.4, -0.2) is 39.1 Å². The number of rotatable bonds is 8. The Labute approximate surface area is 114 Å². The number of primary amides is 1. The number of nitrogens with one attached hydrogen (secondary N) is 1. The van der Waals surface area contributed by atoms with E-state index < -0.39 is 23.8 Å². The lowest BCUT2D eigenvalue weighted by atomic mass is 10.1. The molecule has 20 heavy (non-hydrogen) atoms. The Morgan fingerprint density at radius 3 is 2.60 bits per heavy atom. The maximum atomic E-state index is 11.6. The third kappa shape index (κ3) is 5.46. The molecule has 9 heteroatoms. The van der Waals surface area contributed by atoms with Gasteiger partial charge < -0.3 is 20.7 Å². The van der Waals surface area contributed by atoms with E-state index in [1.807, 2.05) is 0 Å². The number of aliphatic carboxylic acids is 1. The molecule has 1 aromatic heterocycles. The van der Waals surface area contributed by atoms with E-state index in [1.54, 1.807) is 6.92 Å². The molecule has 1 heterocycles. The van der Waals surface area contributed by atoms with Gasteiger partial charge in [0.1, 0.15) is 6.04 Å². The van der Waals surface area contributed by atoms with Crippen molar-refractivity contribution in [3.05, 3.63) is 11.7 Å². The van der Waals surface area contributed by atoms with Crippen LogP contribution in [0.25, 0.3) is 0 Å². The fourth-order valence-corrected chi connectivity index (χ4v) is 1.47. The molecule has 9 nitrogen and oxygen atoms in total.